The fourth-order valence-electron chi connectivity index (χ4n) is 4.15. The van der Waals surface area contributed by atoms with Gasteiger partial charge in [0.25, 0.3) is 0 Å². The molecular formula is C36H59NO7. The maximum Gasteiger partial charge on any atom is 0.306 e. The molecule has 0 aromatic heterocycles. The summed E-state index contributed by atoms with van der Waals surface area (Å²) in [7, 11) is 5.35. The number of rotatable bonds is 27. The van der Waals surface area contributed by atoms with Crippen LogP contribution >= 0.6 is 0 Å². The summed E-state index contributed by atoms with van der Waals surface area (Å²) < 4.78 is 16.8. The summed E-state index contributed by atoms with van der Waals surface area (Å²) in [6.07, 6.45) is 30.0. The zero-order valence-corrected chi connectivity index (χ0v) is 28.0. The molecular weight excluding hydrogens is 558 g/mol. The van der Waals surface area contributed by atoms with Crippen molar-refractivity contribution < 1.29 is 38.2 Å². The van der Waals surface area contributed by atoms with E-state index in [-0.39, 0.29) is 55.5 Å². The Morgan fingerprint density at radius 2 is 1.34 bits per heavy atom. The highest BCUT2D eigenvalue weighted by molar-refractivity contribution is 5.70. The van der Waals surface area contributed by atoms with Crippen molar-refractivity contribution in [1.29, 1.82) is 0 Å². The van der Waals surface area contributed by atoms with Gasteiger partial charge >= 0.3 is 11.9 Å². The number of hydrogen-bond donors (Lipinski definition) is 0. The third kappa shape index (κ3) is 25.5. The van der Waals surface area contributed by atoms with Gasteiger partial charge in [-0.25, -0.2) is 0 Å². The molecule has 0 rings (SSSR count). The van der Waals surface area contributed by atoms with Crippen molar-refractivity contribution in [3.8, 4) is 0 Å². The number of nitrogens with zero attached hydrogens (tertiary/aromatic N) is 1. The van der Waals surface area contributed by atoms with Crippen LogP contribution in [0.4, 0.5) is 0 Å². The molecule has 0 saturated heterocycles. The minimum absolute atomic E-state index is 0.00958. The van der Waals surface area contributed by atoms with E-state index in [4.69, 9.17) is 14.2 Å². The van der Waals surface area contributed by atoms with Gasteiger partial charge in [-0.3, -0.25) is 9.59 Å². The minimum Gasteiger partial charge on any atom is -0.544 e. The van der Waals surface area contributed by atoms with Crippen LogP contribution in [0, 0.1) is 0 Å². The van der Waals surface area contributed by atoms with Gasteiger partial charge in [-0.1, -0.05) is 93.9 Å². The first kappa shape index (κ1) is 41.0. The predicted octanol–water partition coefficient (Wildman–Crippen LogP) is 6.17. The quantitative estimate of drug-likeness (QED) is 0.0357. The van der Waals surface area contributed by atoms with Crippen molar-refractivity contribution in [3.05, 3.63) is 60.8 Å². The summed E-state index contributed by atoms with van der Waals surface area (Å²) in [5.41, 5.74) is 0. The van der Waals surface area contributed by atoms with Crippen LogP contribution in [0.1, 0.15) is 97.3 Å². The van der Waals surface area contributed by atoms with E-state index in [0.717, 1.165) is 38.5 Å². The number of carboxylic acid groups (broad SMARTS) is 1. The number of hydrogen-bond acceptors (Lipinski definition) is 7. The van der Waals surface area contributed by atoms with Gasteiger partial charge < -0.3 is 28.6 Å². The first-order chi connectivity index (χ1) is 21.1. The molecule has 8 nitrogen and oxygen atoms in total. The zero-order chi connectivity index (χ0) is 32.9. The van der Waals surface area contributed by atoms with Gasteiger partial charge in [0.05, 0.1) is 40.3 Å². The Morgan fingerprint density at radius 3 is 2.00 bits per heavy atom. The Labute approximate surface area is 267 Å². The van der Waals surface area contributed by atoms with Crippen molar-refractivity contribution in [3.63, 3.8) is 0 Å². The molecule has 0 bridgehead atoms. The molecule has 0 spiro atoms. The van der Waals surface area contributed by atoms with E-state index in [1.165, 1.54) is 12.8 Å². The van der Waals surface area contributed by atoms with Crippen molar-refractivity contribution in [2.75, 3.05) is 41.0 Å². The summed E-state index contributed by atoms with van der Waals surface area (Å²) >= 11 is 0. The van der Waals surface area contributed by atoms with E-state index in [1.54, 1.807) is 21.1 Å². The van der Waals surface area contributed by atoms with E-state index >= 15 is 0 Å². The fourth-order valence-corrected chi connectivity index (χ4v) is 4.15. The molecule has 0 saturated carbocycles. The zero-order valence-electron chi connectivity index (χ0n) is 28.0. The molecule has 44 heavy (non-hydrogen) atoms. The van der Waals surface area contributed by atoms with Crippen LogP contribution in [-0.2, 0) is 28.6 Å². The SMILES string of the molecule is CC/C=C/C=C/C=C/C=C/CCCCCC(=O)OC(COCCC(C(=O)[O-])[N+](C)(C)C)COC(=O)CC/C=C/CCCCC. The van der Waals surface area contributed by atoms with E-state index in [1.807, 2.05) is 42.5 Å². The fraction of sp³-hybridized carbons (Fsp3) is 0.639. The van der Waals surface area contributed by atoms with E-state index < -0.39 is 18.1 Å². The number of esters is 2. The standard InChI is InChI=1S/C36H59NO7/c1-6-8-10-12-14-15-16-17-18-19-21-23-25-27-35(39)44-32(30-42-29-28-33(36(40)41)37(3,4)5)31-43-34(38)26-24-22-20-13-11-9-7-2/h8,10,12,14-18,20,22,32-33H,6-7,9,11,13,19,21,23-31H2,1-5H3/b10-8+,14-12+,16-15+,18-17+,22-20+. The maximum atomic E-state index is 12.5. The van der Waals surface area contributed by atoms with Crippen LogP contribution < -0.4 is 5.11 Å². The van der Waals surface area contributed by atoms with E-state index in [2.05, 4.69) is 32.1 Å². The second-order valence-electron chi connectivity index (χ2n) is 11.7. The number of carboxylic acids is 1. The predicted molar refractivity (Wildman–Crippen MR) is 176 cm³/mol. The van der Waals surface area contributed by atoms with Gasteiger partial charge in [0.1, 0.15) is 12.6 Å². The summed E-state index contributed by atoms with van der Waals surface area (Å²) in [5, 5.41) is 11.5. The number of allylic oxidation sites excluding steroid dienone is 10. The summed E-state index contributed by atoms with van der Waals surface area (Å²) in [4.78, 5) is 36.3. The largest absolute Gasteiger partial charge is 0.544 e. The molecule has 0 N–H and O–H groups in total. The lowest BCUT2D eigenvalue weighted by atomic mass is 10.1. The Hall–Kier alpha value is -2.97. The summed E-state index contributed by atoms with van der Waals surface area (Å²) in [6.45, 7) is 4.32. The second-order valence-corrected chi connectivity index (χ2v) is 11.7. The molecule has 0 radical (unpaired) electrons. The van der Waals surface area contributed by atoms with Crippen molar-refractivity contribution in [2.45, 2.75) is 109 Å². The molecule has 0 aliphatic rings. The molecule has 2 unspecified atom stereocenters. The molecule has 0 fully saturated rings. The van der Waals surface area contributed by atoms with Gasteiger partial charge in [-0.15, -0.1) is 0 Å². The Bertz CT molecular complexity index is 912. The van der Waals surface area contributed by atoms with Gasteiger partial charge in [0.15, 0.2) is 6.10 Å². The van der Waals surface area contributed by atoms with Crippen molar-refractivity contribution in [2.24, 2.45) is 0 Å². The Balaban J connectivity index is 4.62. The van der Waals surface area contributed by atoms with Crippen LogP contribution in [0.15, 0.2) is 60.8 Å². The third-order valence-electron chi connectivity index (χ3n) is 6.75. The van der Waals surface area contributed by atoms with E-state index in [9.17, 15) is 19.5 Å². The lowest BCUT2D eigenvalue weighted by Gasteiger charge is -2.34. The Kier molecular flexibility index (Phi) is 25.7. The van der Waals surface area contributed by atoms with Crippen LogP contribution in [0.5, 0.6) is 0 Å². The second kappa shape index (κ2) is 27.6. The molecule has 0 aromatic carbocycles. The average Bonchev–Trinajstić information content (AvgIpc) is 2.96. The number of aliphatic carboxylic acids is 1. The molecule has 8 heteroatoms. The molecule has 0 amide bonds. The lowest BCUT2D eigenvalue weighted by molar-refractivity contribution is -0.889. The number of ether oxygens (including phenoxy) is 3. The van der Waals surface area contributed by atoms with Gasteiger partial charge in [0.2, 0.25) is 0 Å². The normalized spacial score (nSPS) is 13.9. The number of carbonyl (C=O) groups excluding carboxylic acids is 3. The first-order valence-corrected chi connectivity index (χ1v) is 16.4. The van der Waals surface area contributed by atoms with E-state index in [0.29, 0.717) is 12.8 Å². The Morgan fingerprint density at radius 1 is 0.705 bits per heavy atom. The summed E-state index contributed by atoms with van der Waals surface area (Å²) in [5.74, 6) is -1.87. The van der Waals surface area contributed by atoms with Crippen molar-refractivity contribution >= 4 is 17.9 Å². The molecule has 0 aromatic rings. The van der Waals surface area contributed by atoms with Gasteiger partial charge in [0, 0.05) is 19.3 Å². The molecule has 2 atom stereocenters. The maximum absolute atomic E-state index is 12.5. The van der Waals surface area contributed by atoms with Crippen LogP contribution in [-0.4, -0.2) is 75.5 Å². The number of carbonyl (C=O) groups is 3. The van der Waals surface area contributed by atoms with Crippen LogP contribution in [0.2, 0.25) is 0 Å². The molecule has 250 valence electrons. The minimum atomic E-state index is -1.14. The highest BCUT2D eigenvalue weighted by atomic mass is 16.6. The number of unbranched alkanes of at least 4 members (excludes halogenated alkanes) is 6. The number of likely N-dealkylation sites (N-methyl/N-ethyl adjacent to an activating group) is 1. The highest BCUT2D eigenvalue weighted by Gasteiger charge is 2.25. The lowest BCUT2D eigenvalue weighted by Crippen LogP contribution is -2.55. The third-order valence-corrected chi connectivity index (χ3v) is 6.75. The average molecular weight is 618 g/mol. The molecule has 0 aliphatic heterocycles. The van der Waals surface area contributed by atoms with Gasteiger partial charge in [-0.2, -0.15) is 0 Å². The summed E-state index contributed by atoms with van der Waals surface area (Å²) in [6, 6.07) is -0.737. The smallest absolute Gasteiger partial charge is 0.306 e. The highest BCUT2D eigenvalue weighted by Crippen LogP contribution is 2.10. The van der Waals surface area contributed by atoms with Gasteiger partial charge in [-0.05, 0) is 44.9 Å². The molecule has 0 aliphatic carbocycles. The first-order valence-electron chi connectivity index (χ1n) is 16.4. The van der Waals surface area contributed by atoms with Crippen LogP contribution in [0.3, 0.4) is 0 Å². The van der Waals surface area contributed by atoms with Crippen LogP contribution in [0.25, 0.3) is 0 Å². The monoisotopic (exact) mass is 617 g/mol. The number of quaternary nitrogens is 1. The molecule has 0 heterocycles. The topological polar surface area (TPSA) is 102 Å². The van der Waals surface area contributed by atoms with Crippen molar-refractivity contribution in [1.82, 2.24) is 0 Å².